The Morgan fingerprint density at radius 3 is 2.59 bits per heavy atom. The normalized spacial score (nSPS) is 11.5. The van der Waals surface area contributed by atoms with Crippen LogP contribution in [0.1, 0.15) is 42.8 Å². The Morgan fingerprint density at radius 1 is 1.03 bits per heavy atom. The van der Waals surface area contributed by atoms with Crippen molar-refractivity contribution in [1.82, 2.24) is 35.0 Å². The number of fused-ring (bicyclic) bond motifs is 1. The highest BCUT2D eigenvalue weighted by atomic mass is 15.2. The maximum atomic E-state index is 4.63. The lowest BCUT2D eigenvalue weighted by molar-refractivity contribution is 0.400. The first-order valence-corrected chi connectivity index (χ1v) is 13.4. The van der Waals surface area contributed by atoms with Gasteiger partial charge in [-0.15, -0.1) is 0 Å². The maximum absolute atomic E-state index is 4.63. The van der Waals surface area contributed by atoms with Crippen molar-refractivity contribution in [1.29, 1.82) is 0 Å². The van der Waals surface area contributed by atoms with Gasteiger partial charge in [-0.2, -0.15) is 5.10 Å². The first-order chi connectivity index (χ1) is 19.0. The van der Waals surface area contributed by atoms with E-state index in [1.807, 2.05) is 56.7 Å². The van der Waals surface area contributed by atoms with Crippen LogP contribution in [-0.2, 0) is 6.42 Å². The molecule has 5 aromatic rings. The molecule has 0 unspecified atom stereocenters. The quantitative estimate of drug-likeness (QED) is 0.208. The van der Waals surface area contributed by atoms with Crippen LogP contribution in [0.3, 0.4) is 0 Å². The third kappa shape index (κ3) is 6.38. The minimum absolute atomic E-state index is 0.675. The monoisotopic (exact) mass is 519 g/mol. The fraction of sp³-hybridized carbons (Fsp3) is 0.250. The third-order valence-corrected chi connectivity index (χ3v) is 6.41. The number of aryl methyl sites for hydroxylation is 2. The van der Waals surface area contributed by atoms with E-state index in [-0.39, 0.29) is 0 Å². The standard InChI is InChI=1S/C30H31N7.C2H6/c1-5-9-24(27-11-6-7-12-32-27)25-16-28(34-20(25)2)29-26-15-23(19-33-30(26)36-35-29)22-14-21(17-31-18-22)10-8-13-37(3)4;1-2/h5-7,9,11-12,14-19,34H,1,8,10,13H2,2-4H3,(H,33,35,36);1-2H3/b24-9+;. The largest absolute Gasteiger partial charge is 0.357 e. The number of aromatic amines is 2. The summed E-state index contributed by atoms with van der Waals surface area (Å²) in [4.78, 5) is 19.4. The smallest absolute Gasteiger partial charge is 0.181 e. The van der Waals surface area contributed by atoms with Gasteiger partial charge in [0.2, 0.25) is 0 Å². The van der Waals surface area contributed by atoms with E-state index in [0.717, 1.165) is 69.8 Å². The molecule has 0 aliphatic carbocycles. The van der Waals surface area contributed by atoms with Crippen molar-refractivity contribution in [3.05, 3.63) is 102 Å². The van der Waals surface area contributed by atoms with Crippen LogP contribution < -0.4 is 0 Å². The van der Waals surface area contributed by atoms with Crippen LogP contribution in [0, 0.1) is 6.92 Å². The van der Waals surface area contributed by atoms with Crippen LogP contribution in [0.2, 0.25) is 0 Å². The fourth-order valence-corrected chi connectivity index (χ4v) is 4.57. The lowest BCUT2D eigenvalue weighted by atomic mass is 10.0. The minimum atomic E-state index is 0.675. The van der Waals surface area contributed by atoms with Gasteiger partial charge in [0.1, 0.15) is 0 Å². The lowest BCUT2D eigenvalue weighted by Crippen LogP contribution is -2.13. The summed E-state index contributed by atoms with van der Waals surface area (Å²) < 4.78 is 0. The summed E-state index contributed by atoms with van der Waals surface area (Å²) in [5.41, 5.74) is 9.82. The second-order valence-electron chi connectivity index (χ2n) is 9.44. The topological polar surface area (TPSA) is 86.4 Å². The molecule has 7 heteroatoms. The first kappa shape index (κ1) is 27.7. The van der Waals surface area contributed by atoms with Gasteiger partial charge in [0.15, 0.2) is 5.65 Å². The predicted octanol–water partition coefficient (Wildman–Crippen LogP) is 6.86. The summed E-state index contributed by atoms with van der Waals surface area (Å²) in [6.07, 6.45) is 13.4. The second-order valence-corrected chi connectivity index (χ2v) is 9.44. The van der Waals surface area contributed by atoms with Crippen LogP contribution in [0.15, 0.2) is 79.9 Å². The Morgan fingerprint density at radius 2 is 1.85 bits per heavy atom. The number of allylic oxidation sites excluding steroid dienone is 2. The van der Waals surface area contributed by atoms with Crippen LogP contribution in [0.25, 0.3) is 39.1 Å². The summed E-state index contributed by atoms with van der Waals surface area (Å²) in [6, 6.07) is 12.4. The Hall–Kier alpha value is -4.36. The van der Waals surface area contributed by atoms with E-state index < -0.39 is 0 Å². The Kier molecular flexibility index (Phi) is 9.18. The number of aromatic nitrogens is 6. The van der Waals surface area contributed by atoms with E-state index in [4.69, 9.17) is 0 Å². The predicted molar refractivity (Wildman–Crippen MR) is 161 cm³/mol. The van der Waals surface area contributed by atoms with E-state index in [1.165, 1.54) is 5.56 Å². The molecule has 200 valence electrons. The van der Waals surface area contributed by atoms with E-state index in [0.29, 0.717) is 5.65 Å². The van der Waals surface area contributed by atoms with Crippen LogP contribution in [0.4, 0.5) is 0 Å². The van der Waals surface area contributed by atoms with Crippen molar-refractivity contribution >= 4 is 16.6 Å². The highest BCUT2D eigenvalue weighted by Crippen LogP contribution is 2.33. The number of pyridine rings is 3. The van der Waals surface area contributed by atoms with E-state index in [9.17, 15) is 0 Å². The average molecular weight is 520 g/mol. The molecule has 5 heterocycles. The van der Waals surface area contributed by atoms with Gasteiger partial charge in [0, 0.05) is 58.1 Å². The van der Waals surface area contributed by atoms with Gasteiger partial charge >= 0.3 is 0 Å². The zero-order chi connectivity index (χ0) is 27.8. The molecule has 0 amide bonds. The second kappa shape index (κ2) is 12.9. The van der Waals surface area contributed by atoms with Gasteiger partial charge in [-0.25, -0.2) is 4.98 Å². The number of hydrogen-bond acceptors (Lipinski definition) is 5. The highest BCUT2D eigenvalue weighted by Gasteiger charge is 2.17. The maximum Gasteiger partial charge on any atom is 0.181 e. The summed E-state index contributed by atoms with van der Waals surface area (Å²) in [6.45, 7) is 11.0. The molecule has 0 aromatic carbocycles. The van der Waals surface area contributed by atoms with Gasteiger partial charge < -0.3 is 9.88 Å². The molecule has 0 saturated carbocycles. The number of nitrogens with one attached hydrogen (secondary N) is 2. The van der Waals surface area contributed by atoms with Gasteiger partial charge in [0.05, 0.1) is 17.1 Å². The van der Waals surface area contributed by atoms with Crippen molar-refractivity contribution in [3.63, 3.8) is 0 Å². The van der Waals surface area contributed by atoms with Crippen molar-refractivity contribution in [3.8, 4) is 22.5 Å². The SMILES string of the molecule is C=C/C=C(/c1ccccn1)c1cc(-c2[nH]nc3ncc(-c4cncc(CCCN(C)C)c4)cc23)[nH]c1C.CC. The van der Waals surface area contributed by atoms with Crippen molar-refractivity contribution in [2.24, 2.45) is 0 Å². The number of nitrogens with zero attached hydrogens (tertiary/aromatic N) is 5. The molecular weight excluding hydrogens is 482 g/mol. The zero-order valence-electron chi connectivity index (χ0n) is 23.5. The highest BCUT2D eigenvalue weighted by molar-refractivity contribution is 5.94. The van der Waals surface area contributed by atoms with Crippen molar-refractivity contribution in [2.45, 2.75) is 33.6 Å². The molecule has 0 aliphatic heterocycles. The number of hydrogen-bond donors (Lipinski definition) is 2. The van der Waals surface area contributed by atoms with Crippen molar-refractivity contribution < 1.29 is 0 Å². The van der Waals surface area contributed by atoms with Crippen LogP contribution in [0.5, 0.6) is 0 Å². The fourth-order valence-electron chi connectivity index (χ4n) is 4.57. The molecule has 0 atom stereocenters. The van der Waals surface area contributed by atoms with Gasteiger partial charge in [-0.05, 0) is 76.3 Å². The summed E-state index contributed by atoms with van der Waals surface area (Å²) >= 11 is 0. The Labute approximate surface area is 230 Å². The van der Waals surface area contributed by atoms with Gasteiger partial charge in [0.25, 0.3) is 0 Å². The lowest BCUT2D eigenvalue weighted by Gasteiger charge is -2.09. The number of H-pyrrole nitrogens is 2. The summed E-state index contributed by atoms with van der Waals surface area (Å²) in [5, 5.41) is 8.61. The molecule has 5 rings (SSSR count). The first-order valence-electron chi connectivity index (χ1n) is 13.4. The number of rotatable bonds is 9. The van der Waals surface area contributed by atoms with Gasteiger partial charge in [-0.1, -0.05) is 38.6 Å². The molecule has 7 nitrogen and oxygen atoms in total. The van der Waals surface area contributed by atoms with E-state index in [1.54, 1.807) is 12.3 Å². The van der Waals surface area contributed by atoms with Crippen molar-refractivity contribution in [2.75, 3.05) is 20.6 Å². The third-order valence-electron chi connectivity index (χ3n) is 6.41. The molecule has 0 saturated heterocycles. The summed E-state index contributed by atoms with van der Waals surface area (Å²) in [5.74, 6) is 0. The van der Waals surface area contributed by atoms with E-state index in [2.05, 4.69) is 80.8 Å². The Balaban J connectivity index is 0.00000172. The minimum Gasteiger partial charge on any atom is -0.357 e. The molecule has 0 spiro atoms. The molecule has 5 aromatic heterocycles. The summed E-state index contributed by atoms with van der Waals surface area (Å²) in [7, 11) is 4.20. The molecule has 0 fully saturated rings. The van der Waals surface area contributed by atoms with Crippen LogP contribution >= 0.6 is 0 Å². The Bertz CT molecular complexity index is 1560. The molecule has 2 N–H and O–H groups in total. The molecule has 39 heavy (non-hydrogen) atoms. The molecular formula is C32H37N7. The zero-order valence-corrected chi connectivity index (χ0v) is 23.5. The average Bonchev–Trinajstić information content (AvgIpc) is 3.56. The van der Waals surface area contributed by atoms with Gasteiger partial charge in [-0.3, -0.25) is 15.1 Å². The molecule has 0 bridgehead atoms. The van der Waals surface area contributed by atoms with Crippen LogP contribution in [-0.4, -0.2) is 55.7 Å². The molecule has 0 aliphatic rings. The van der Waals surface area contributed by atoms with E-state index >= 15 is 0 Å². The molecule has 0 radical (unpaired) electrons.